The number of benzene rings is 1. The largest absolute Gasteiger partial charge is 0.504 e. The minimum atomic E-state index is 0.211. The molecular weight excluding hydrogens is 252 g/mol. The van der Waals surface area contributed by atoms with E-state index in [-0.39, 0.29) is 5.75 Å². The predicted molar refractivity (Wildman–Crippen MR) is 80.9 cm³/mol. The van der Waals surface area contributed by atoms with Crippen LogP contribution in [0.4, 0.5) is 0 Å². The van der Waals surface area contributed by atoms with Crippen molar-refractivity contribution >= 4 is 0 Å². The van der Waals surface area contributed by atoms with Crippen LogP contribution in [0.5, 0.6) is 11.5 Å². The topological polar surface area (TPSA) is 58.7 Å². The quantitative estimate of drug-likeness (QED) is 0.838. The van der Waals surface area contributed by atoms with Gasteiger partial charge in [0.25, 0.3) is 0 Å². The summed E-state index contributed by atoms with van der Waals surface area (Å²) in [4.78, 5) is 2.48. The number of phenolic OH excluding ortho intramolecular Hbond substituents is 1. The van der Waals surface area contributed by atoms with Gasteiger partial charge in [-0.05, 0) is 49.5 Å². The van der Waals surface area contributed by atoms with Crippen LogP contribution in [0.15, 0.2) is 18.2 Å². The summed E-state index contributed by atoms with van der Waals surface area (Å²) in [5.41, 5.74) is 7.01. The third kappa shape index (κ3) is 3.25. The van der Waals surface area contributed by atoms with Gasteiger partial charge in [0.05, 0.1) is 7.11 Å². The molecule has 0 aromatic heterocycles. The molecule has 1 aromatic rings. The maximum atomic E-state index is 9.88. The van der Waals surface area contributed by atoms with E-state index in [1.807, 2.05) is 12.1 Å². The van der Waals surface area contributed by atoms with E-state index in [1.165, 1.54) is 19.3 Å². The standard InChI is InChI=1S/C16H26N2O2/c1-3-18(14-6-4-5-13(14)10-17)11-12-7-8-16(20-2)15(19)9-12/h7-9,13-14,19H,3-6,10-11,17H2,1-2H3. The van der Waals surface area contributed by atoms with Crippen molar-refractivity contribution < 1.29 is 9.84 Å². The van der Waals surface area contributed by atoms with E-state index in [2.05, 4.69) is 11.8 Å². The van der Waals surface area contributed by atoms with Crippen LogP contribution in [0, 0.1) is 5.92 Å². The number of hydrogen-bond donors (Lipinski definition) is 2. The Balaban J connectivity index is 2.08. The molecule has 0 saturated heterocycles. The van der Waals surface area contributed by atoms with Crippen molar-refractivity contribution in [3.05, 3.63) is 23.8 Å². The molecule has 1 aliphatic carbocycles. The van der Waals surface area contributed by atoms with Gasteiger partial charge < -0.3 is 15.6 Å². The Morgan fingerprint density at radius 1 is 1.40 bits per heavy atom. The molecule has 0 amide bonds. The van der Waals surface area contributed by atoms with E-state index in [9.17, 15) is 5.11 Å². The van der Waals surface area contributed by atoms with Gasteiger partial charge in [-0.1, -0.05) is 19.4 Å². The SMILES string of the molecule is CCN(Cc1ccc(OC)c(O)c1)C1CCCC1CN. The summed E-state index contributed by atoms with van der Waals surface area (Å²) >= 11 is 0. The number of rotatable bonds is 6. The number of aromatic hydroxyl groups is 1. The van der Waals surface area contributed by atoms with Gasteiger partial charge in [-0.25, -0.2) is 0 Å². The van der Waals surface area contributed by atoms with Gasteiger partial charge in [-0.2, -0.15) is 0 Å². The van der Waals surface area contributed by atoms with Crippen molar-refractivity contribution in [3.63, 3.8) is 0 Å². The van der Waals surface area contributed by atoms with Crippen molar-refractivity contribution in [3.8, 4) is 11.5 Å². The van der Waals surface area contributed by atoms with Gasteiger partial charge in [0.15, 0.2) is 11.5 Å². The highest BCUT2D eigenvalue weighted by atomic mass is 16.5. The highest BCUT2D eigenvalue weighted by Gasteiger charge is 2.30. The fraction of sp³-hybridized carbons (Fsp3) is 0.625. The summed E-state index contributed by atoms with van der Waals surface area (Å²) < 4.78 is 5.09. The van der Waals surface area contributed by atoms with Crippen LogP contribution in [0.25, 0.3) is 0 Å². The number of ether oxygens (including phenoxy) is 1. The van der Waals surface area contributed by atoms with E-state index in [1.54, 1.807) is 13.2 Å². The molecule has 0 spiro atoms. The molecule has 20 heavy (non-hydrogen) atoms. The third-order valence-corrected chi connectivity index (χ3v) is 4.43. The van der Waals surface area contributed by atoms with Gasteiger partial charge in [0, 0.05) is 12.6 Å². The number of hydrogen-bond acceptors (Lipinski definition) is 4. The molecule has 0 heterocycles. The Morgan fingerprint density at radius 3 is 2.80 bits per heavy atom. The second kappa shape index (κ2) is 6.95. The highest BCUT2D eigenvalue weighted by molar-refractivity contribution is 5.41. The van der Waals surface area contributed by atoms with E-state index in [4.69, 9.17) is 10.5 Å². The van der Waals surface area contributed by atoms with Crippen molar-refractivity contribution in [2.45, 2.75) is 38.8 Å². The molecule has 0 radical (unpaired) electrons. The molecule has 2 rings (SSSR count). The van der Waals surface area contributed by atoms with Gasteiger partial charge in [-0.15, -0.1) is 0 Å². The monoisotopic (exact) mass is 278 g/mol. The van der Waals surface area contributed by atoms with Gasteiger partial charge in [0.2, 0.25) is 0 Å². The summed E-state index contributed by atoms with van der Waals surface area (Å²) in [6.07, 6.45) is 3.75. The molecule has 0 bridgehead atoms. The average molecular weight is 278 g/mol. The first-order chi connectivity index (χ1) is 9.69. The summed E-state index contributed by atoms with van der Waals surface area (Å²) in [6, 6.07) is 6.23. The number of methoxy groups -OCH3 is 1. The lowest BCUT2D eigenvalue weighted by atomic mass is 10.0. The second-order valence-corrected chi connectivity index (χ2v) is 5.56. The smallest absolute Gasteiger partial charge is 0.160 e. The predicted octanol–water partition coefficient (Wildman–Crippen LogP) is 2.35. The van der Waals surface area contributed by atoms with Crippen LogP contribution in [0.1, 0.15) is 31.7 Å². The van der Waals surface area contributed by atoms with Crippen molar-refractivity contribution in [2.24, 2.45) is 11.7 Å². The summed E-state index contributed by atoms with van der Waals surface area (Å²) in [6.45, 7) is 4.83. The number of nitrogens with zero attached hydrogens (tertiary/aromatic N) is 1. The molecule has 4 nitrogen and oxygen atoms in total. The highest BCUT2D eigenvalue weighted by Crippen LogP contribution is 2.31. The second-order valence-electron chi connectivity index (χ2n) is 5.56. The minimum absolute atomic E-state index is 0.211. The molecule has 1 saturated carbocycles. The number of phenols is 1. The normalized spacial score (nSPS) is 22.4. The summed E-state index contributed by atoms with van der Waals surface area (Å²) in [5, 5.41) is 9.88. The fourth-order valence-electron chi connectivity index (χ4n) is 3.30. The lowest BCUT2D eigenvalue weighted by Gasteiger charge is -2.31. The molecule has 0 aliphatic heterocycles. The zero-order valence-electron chi connectivity index (χ0n) is 12.5. The Hall–Kier alpha value is -1.26. The van der Waals surface area contributed by atoms with E-state index in [0.717, 1.165) is 25.2 Å². The minimum Gasteiger partial charge on any atom is -0.504 e. The molecule has 1 aliphatic rings. The first-order valence-electron chi connectivity index (χ1n) is 7.49. The van der Waals surface area contributed by atoms with Crippen LogP contribution < -0.4 is 10.5 Å². The van der Waals surface area contributed by atoms with E-state index < -0.39 is 0 Å². The summed E-state index contributed by atoms with van der Waals surface area (Å²) in [7, 11) is 1.57. The average Bonchev–Trinajstić information content (AvgIpc) is 2.93. The zero-order chi connectivity index (χ0) is 14.5. The van der Waals surface area contributed by atoms with Crippen molar-refractivity contribution in [1.82, 2.24) is 4.90 Å². The Labute approximate surface area is 121 Å². The van der Waals surface area contributed by atoms with Crippen LogP contribution in [-0.4, -0.2) is 36.2 Å². The van der Waals surface area contributed by atoms with Gasteiger partial charge in [0.1, 0.15) is 0 Å². The third-order valence-electron chi connectivity index (χ3n) is 4.43. The Kier molecular flexibility index (Phi) is 5.26. The molecule has 3 N–H and O–H groups in total. The fourth-order valence-corrected chi connectivity index (χ4v) is 3.30. The number of nitrogens with two attached hydrogens (primary N) is 1. The maximum Gasteiger partial charge on any atom is 0.160 e. The first kappa shape index (κ1) is 15.1. The zero-order valence-corrected chi connectivity index (χ0v) is 12.5. The van der Waals surface area contributed by atoms with Gasteiger partial charge in [-0.3, -0.25) is 4.90 Å². The maximum absolute atomic E-state index is 9.88. The van der Waals surface area contributed by atoms with Crippen molar-refractivity contribution in [1.29, 1.82) is 0 Å². The molecule has 2 atom stereocenters. The summed E-state index contributed by atoms with van der Waals surface area (Å²) in [5.74, 6) is 1.35. The lowest BCUT2D eigenvalue weighted by Crippen LogP contribution is -2.39. The lowest BCUT2D eigenvalue weighted by molar-refractivity contribution is 0.162. The molecule has 2 unspecified atom stereocenters. The Morgan fingerprint density at radius 2 is 2.20 bits per heavy atom. The van der Waals surface area contributed by atoms with E-state index >= 15 is 0 Å². The molecular formula is C16H26N2O2. The van der Waals surface area contributed by atoms with Crippen LogP contribution in [0.2, 0.25) is 0 Å². The molecule has 1 fully saturated rings. The van der Waals surface area contributed by atoms with Crippen LogP contribution in [0.3, 0.4) is 0 Å². The van der Waals surface area contributed by atoms with Crippen LogP contribution >= 0.6 is 0 Å². The molecule has 4 heteroatoms. The van der Waals surface area contributed by atoms with Crippen LogP contribution in [-0.2, 0) is 6.54 Å². The van der Waals surface area contributed by atoms with Gasteiger partial charge >= 0.3 is 0 Å². The molecule has 112 valence electrons. The Bertz CT molecular complexity index is 436. The van der Waals surface area contributed by atoms with E-state index in [0.29, 0.717) is 17.7 Å². The first-order valence-corrected chi connectivity index (χ1v) is 7.49. The van der Waals surface area contributed by atoms with Crippen molar-refractivity contribution in [2.75, 3.05) is 20.2 Å². The molecule has 1 aromatic carbocycles.